The van der Waals surface area contributed by atoms with Gasteiger partial charge in [-0.3, -0.25) is 0 Å². The molecule has 0 unspecified atom stereocenters. The maximum Gasteiger partial charge on any atom is 0.246 e. The Kier molecular flexibility index (Phi) is 4.45. The van der Waals surface area contributed by atoms with E-state index in [-0.39, 0.29) is 22.5 Å². The third-order valence-corrected chi connectivity index (χ3v) is 5.61. The molecule has 0 saturated carbocycles. The number of hydrogen-bond donors (Lipinski definition) is 1. The highest BCUT2D eigenvalue weighted by atomic mass is 35.5. The van der Waals surface area contributed by atoms with Crippen LogP contribution in [0.4, 0.5) is 4.39 Å². The Hall–Kier alpha value is -0.690. The minimum absolute atomic E-state index is 0.192. The van der Waals surface area contributed by atoms with Gasteiger partial charge in [0.1, 0.15) is 4.90 Å². The fraction of sp³-hybridized carbons (Fsp3) is 0.500. The number of sulfonamides is 1. The predicted molar refractivity (Wildman–Crippen MR) is 72.0 cm³/mol. The highest BCUT2D eigenvalue weighted by Crippen LogP contribution is 2.28. The second kappa shape index (κ2) is 5.75. The first-order chi connectivity index (χ1) is 8.98. The number of hydrogen-bond acceptors (Lipinski definition) is 3. The van der Waals surface area contributed by atoms with Crippen molar-refractivity contribution >= 4 is 21.6 Å². The summed E-state index contributed by atoms with van der Waals surface area (Å²) in [4.78, 5) is -0.375. The van der Waals surface area contributed by atoms with Crippen LogP contribution in [0, 0.1) is 5.82 Å². The van der Waals surface area contributed by atoms with Crippen molar-refractivity contribution in [3.8, 4) is 0 Å². The lowest BCUT2D eigenvalue weighted by atomic mass is 10.1. The molecule has 4 nitrogen and oxygen atoms in total. The molecule has 1 aliphatic heterocycles. The average Bonchev–Trinajstić information content (AvgIpc) is 2.41. The van der Waals surface area contributed by atoms with Crippen molar-refractivity contribution in [1.29, 1.82) is 0 Å². The van der Waals surface area contributed by atoms with Crippen LogP contribution in [0.15, 0.2) is 23.1 Å². The third kappa shape index (κ3) is 2.76. The average molecular weight is 307 g/mol. The molecule has 1 heterocycles. The molecule has 1 aromatic rings. The van der Waals surface area contributed by atoms with Crippen molar-refractivity contribution in [3.63, 3.8) is 0 Å². The summed E-state index contributed by atoms with van der Waals surface area (Å²) in [5, 5.41) is -0.192. The predicted octanol–water partition coefficient (Wildman–Crippen LogP) is 1.98. The zero-order valence-corrected chi connectivity index (χ0v) is 11.9. The summed E-state index contributed by atoms with van der Waals surface area (Å²) in [5.74, 6) is -0.898. The van der Waals surface area contributed by atoms with E-state index < -0.39 is 15.8 Å². The van der Waals surface area contributed by atoms with Crippen LogP contribution >= 0.6 is 11.6 Å². The molecule has 0 amide bonds. The van der Waals surface area contributed by atoms with E-state index in [0.29, 0.717) is 13.0 Å². The maximum absolute atomic E-state index is 13.9. The van der Waals surface area contributed by atoms with Gasteiger partial charge in [-0.25, -0.2) is 12.8 Å². The van der Waals surface area contributed by atoms with Gasteiger partial charge in [0.05, 0.1) is 5.02 Å². The summed E-state index contributed by atoms with van der Waals surface area (Å²) in [5.41, 5.74) is 5.61. The molecule has 1 aliphatic rings. The van der Waals surface area contributed by atoms with Crippen molar-refractivity contribution < 1.29 is 12.8 Å². The molecule has 19 heavy (non-hydrogen) atoms. The van der Waals surface area contributed by atoms with E-state index in [0.717, 1.165) is 12.8 Å². The first-order valence-corrected chi connectivity index (χ1v) is 7.96. The number of rotatable bonds is 3. The lowest BCUT2D eigenvalue weighted by molar-refractivity contribution is 0.257. The Labute approximate surface area is 117 Å². The molecule has 1 fully saturated rings. The van der Waals surface area contributed by atoms with E-state index in [9.17, 15) is 12.8 Å². The highest BCUT2D eigenvalue weighted by Gasteiger charge is 2.34. The van der Waals surface area contributed by atoms with Crippen LogP contribution in [0.25, 0.3) is 0 Å². The molecule has 2 rings (SSSR count). The Balaban J connectivity index is 2.44. The van der Waals surface area contributed by atoms with E-state index in [1.165, 1.54) is 22.5 Å². The monoisotopic (exact) mass is 306 g/mol. The van der Waals surface area contributed by atoms with Gasteiger partial charge in [0.15, 0.2) is 5.82 Å². The Bertz CT molecular complexity index is 565. The Morgan fingerprint density at radius 1 is 1.42 bits per heavy atom. The number of nitrogens with two attached hydrogens (primary N) is 1. The minimum atomic E-state index is -3.88. The fourth-order valence-electron chi connectivity index (χ4n) is 2.34. The van der Waals surface area contributed by atoms with E-state index in [1.807, 2.05) is 0 Å². The summed E-state index contributed by atoms with van der Waals surface area (Å²) < 4.78 is 40.2. The van der Waals surface area contributed by atoms with E-state index in [2.05, 4.69) is 0 Å². The van der Waals surface area contributed by atoms with E-state index in [1.54, 1.807) is 0 Å². The van der Waals surface area contributed by atoms with Crippen LogP contribution in [-0.4, -0.2) is 31.9 Å². The van der Waals surface area contributed by atoms with Crippen LogP contribution in [-0.2, 0) is 10.0 Å². The fourth-order valence-corrected chi connectivity index (χ4v) is 4.36. The van der Waals surface area contributed by atoms with Crippen LogP contribution in [0.1, 0.15) is 19.3 Å². The second-order valence-electron chi connectivity index (χ2n) is 4.55. The molecule has 1 atom stereocenters. The molecule has 7 heteroatoms. The quantitative estimate of drug-likeness (QED) is 0.929. The lowest BCUT2D eigenvalue weighted by Crippen LogP contribution is -2.47. The van der Waals surface area contributed by atoms with Crippen molar-refractivity contribution in [2.24, 2.45) is 5.73 Å². The summed E-state index contributed by atoms with van der Waals surface area (Å²) in [6.07, 6.45) is 2.40. The van der Waals surface area contributed by atoms with Crippen LogP contribution in [0.2, 0.25) is 5.02 Å². The van der Waals surface area contributed by atoms with Gasteiger partial charge in [0.25, 0.3) is 0 Å². The molecule has 2 N–H and O–H groups in total. The Morgan fingerprint density at radius 3 is 2.84 bits per heavy atom. The number of piperidine rings is 1. The summed E-state index contributed by atoms with van der Waals surface area (Å²) in [6, 6.07) is 3.72. The van der Waals surface area contributed by atoms with Gasteiger partial charge in [-0.15, -0.1) is 0 Å². The topological polar surface area (TPSA) is 63.4 Å². The third-order valence-electron chi connectivity index (χ3n) is 3.35. The van der Waals surface area contributed by atoms with E-state index in [4.69, 9.17) is 17.3 Å². The molecule has 1 saturated heterocycles. The molecule has 0 aliphatic carbocycles. The number of benzene rings is 1. The van der Waals surface area contributed by atoms with Crippen molar-refractivity contribution in [2.45, 2.75) is 30.2 Å². The summed E-state index contributed by atoms with van der Waals surface area (Å²) in [6.45, 7) is 0.609. The van der Waals surface area contributed by atoms with Crippen molar-refractivity contribution in [2.75, 3.05) is 13.1 Å². The molecule has 106 valence electrons. The van der Waals surface area contributed by atoms with Gasteiger partial charge in [-0.2, -0.15) is 4.31 Å². The molecule has 1 aromatic carbocycles. The van der Waals surface area contributed by atoms with Gasteiger partial charge in [-0.1, -0.05) is 24.1 Å². The largest absolute Gasteiger partial charge is 0.329 e. The van der Waals surface area contributed by atoms with Gasteiger partial charge < -0.3 is 5.73 Å². The Morgan fingerprint density at radius 2 is 2.16 bits per heavy atom. The molecule has 0 spiro atoms. The van der Waals surface area contributed by atoms with Crippen LogP contribution in [0.5, 0.6) is 0 Å². The maximum atomic E-state index is 13.9. The minimum Gasteiger partial charge on any atom is -0.329 e. The van der Waals surface area contributed by atoms with Crippen molar-refractivity contribution in [1.82, 2.24) is 4.31 Å². The SMILES string of the molecule is NC[C@@H]1CCCCN1S(=O)(=O)c1cccc(Cl)c1F. The normalized spacial score (nSPS) is 21.5. The number of halogens is 2. The molecular weight excluding hydrogens is 291 g/mol. The van der Waals surface area contributed by atoms with Crippen molar-refractivity contribution in [3.05, 3.63) is 29.0 Å². The second-order valence-corrected chi connectivity index (χ2v) is 6.82. The molecule has 0 bridgehead atoms. The molecular formula is C12H16ClFN2O2S. The van der Waals surface area contributed by atoms with E-state index >= 15 is 0 Å². The van der Waals surface area contributed by atoms with Gasteiger partial charge >= 0.3 is 0 Å². The standard InChI is InChI=1S/C12H16ClFN2O2S/c13-10-5-3-6-11(12(10)14)19(17,18)16-7-2-1-4-9(16)8-15/h3,5-6,9H,1-2,4,7-8,15H2/t9-/m0/s1. The van der Waals surface area contributed by atoms with Gasteiger partial charge in [-0.05, 0) is 25.0 Å². The molecule has 0 radical (unpaired) electrons. The zero-order chi connectivity index (χ0) is 14.0. The zero-order valence-electron chi connectivity index (χ0n) is 10.4. The highest BCUT2D eigenvalue weighted by molar-refractivity contribution is 7.89. The van der Waals surface area contributed by atoms with Gasteiger partial charge in [0.2, 0.25) is 10.0 Å². The first kappa shape index (κ1) is 14.7. The smallest absolute Gasteiger partial charge is 0.246 e. The first-order valence-electron chi connectivity index (χ1n) is 6.14. The summed E-state index contributed by atoms with van der Waals surface area (Å²) >= 11 is 5.65. The lowest BCUT2D eigenvalue weighted by Gasteiger charge is -2.33. The van der Waals surface area contributed by atoms with Gasteiger partial charge in [0, 0.05) is 19.1 Å². The molecule has 0 aromatic heterocycles. The van der Waals surface area contributed by atoms with Crippen LogP contribution < -0.4 is 5.73 Å². The number of nitrogens with zero attached hydrogens (tertiary/aromatic N) is 1. The summed E-state index contributed by atoms with van der Waals surface area (Å²) in [7, 11) is -3.88. The van der Waals surface area contributed by atoms with Crippen LogP contribution in [0.3, 0.4) is 0 Å².